The van der Waals surface area contributed by atoms with Gasteiger partial charge in [-0.25, -0.2) is 4.68 Å². The standard InChI is InChI=1S/C9H7F3N4/c10-9(11,12)6-2-1-3-7(13)8(6)16-5-4-14-15-16/h1-5H,13H2. The molecule has 2 N–H and O–H groups in total. The lowest BCUT2D eigenvalue weighted by Crippen LogP contribution is -2.13. The highest BCUT2D eigenvalue weighted by Gasteiger charge is 2.35. The summed E-state index contributed by atoms with van der Waals surface area (Å²) in [6.45, 7) is 0. The molecule has 2 rings (SSSR count). The molecule has 0 amide bonds. The molecule has 1 aromatic carbocycles. The average Bonchev–Trinajstić information content (AvgIpc) is 2.68. The third-order valence-electron chi connectivity index (χ3n) is 2.02. The quantitative estimate of drug-likeness (QED) is 0.758. The van der Waals surface area contributed by atoms with Crippen molar-refractivity contribution in [3.8, 4) is 5.69 Å². The third-order valence-corrected chi connectivity index (χ3v) is 2.02. The van der Waals surface area contributed by atoms with Crippen LogP contribution in [0.2, 0.25) is 0 Å². The highest BCUT2D eigenvalue weighted by molar-refractivity contribution is 5.62. The van der Waals surface area contributed by atoms with E-state index in [0.29, 0.717) is 0 Å². The van der Waals surface area contributed by atoms with Gasteiger partial charge in [0.1, 0.15) is 5.69 Å². The second kappa shape index (κ2) is 3.51. The molecular weight excluding hydrogens is 221 g/mol. The zero-order chi connectivity index (χ0) is 11.8. The summed E-state index contributed by atoms with van der Waals surface area (Å²) < 4.78 is 39.1. The largest absolute Gasteiger partial charge is 0.418 e. The minimum atomic E-state index is -4.48. The molecule has 0 atom stereocenters. The van der Waals surface area contributed by atoms with Crippen LogP contribution in [0.25, 0.3) is 5.69 Å². The van der Waals surface area contributed by atoms with Crippen LogP contribution in [-0.4, -0.2) is 15.0 Å². The Morgan fingerprint density at radius 2 is 2.00 bits per heavy atom. The number of benzene rings is 1. The van der Waals surface area contributed by atoms with Crippen molar-refractivity contribution in [2.24, 2.45) is 0 Å². The second-order valence-electron chi connectivity index (χ2n) is 3.09. The van der Waals surface area contributed by atoms with Gasteiger partial charge in [-0.2, -0.15) is 13.2 Å². The summed E-state index contributed by atoms with van der Waals surface area (Å²) in [4.78, 5) is 0. The van der Waals surface area contributed by atoms with Gasteiger partial charge in [0.05, 0.1) is 23.6 Å². The Hall–Kier alpha value is -2.05. The van der Waals surface area contributed by atoms with Crippen LogP contribution in [0.3, 0.4) is 0 Å². The molecule has 16 heavy (non-hydrogen) atoms. The van der Waals surface area contributed by atoms with Crippen LogP contribution in [0.4, 0.5) is 18.9 Å². The van der Waals surface area contributed by atoms with Gasteiger partial charge in [0, 0.05) is 0 Å². The summed E-state index contributed by atoms with van der Waals surface area (Å²) in [5, 5.41) is 6.96. The van der Waals surface area contributed by atoms with Crippen molar-refractivity contribution in [2.75, 3.05) is 5.73 Å². The summed E-state index contributed by atoms with van der Waals surface area (Å²) in [6.07, 6.45) is -1.88. The van der Waals surface area contributed by atoms with Crippen molar-refractivity contribution in [3.63, 3.8) is 0 Å². The van der Waals surface area contributed by atoms with E-state index in [1.54, 1.807) is 0 Å². The first-order chi connectivity index (χ1) is 7.50. The molecule has 1 aromatic heterocycles. The molecule has 0 saturated carbocycles. The van der Waals surface area contributed by atoms with Gasteiger partial charge in [-0.1, -0.05) is 11.3 Å². The minimum Gasteiger partial charge on any atom is -0.397 e. The lowest BCUT2D eigenvalue weighted by molar-refractivity contribution is -0.137. The topological polar surface area (TPSA) is 56.7 Å². The van der Waals surface area contributed by atoms with Crippen molar-refractivity contribution >= 4 is 5.69 Å². The van der Waals surface area contributed by atoms with Gasteiger partial charge in [0.15, 0.2) is 0 Å². The predicted octanol–water partition coefficient (Wildman–Crippen LogP) is 1.87. The normalized spacial score (nSPS) is 11.7. The maximum Gasteiger partial charge on any atom is 0.418 e. The van der Waals surface area contributed by atoms with E-state index >= 15 is 0 Å². The maximum absolute atomic E-state index is 12.7. The number of nitrogens with zero attached hydrogens (tertiary/aromatic N) is 3. The first kappa shape index (κ1) is 10.5. The predicted molar refractivity (Wildman–Crippen MR) is 50.8 cm³/mol. The first-order valence-corrected chi connectivity index (χ1v) is 4.32. The number of nitrogens with two attached hydrogens (primary N) is 1. The molecule has 0 unspecified atom stereocenters. The molecule has 0 aliphatic heterocycles. The van der Waals surface area contributed by atoms with Crippen LogP contribution in [0.5, 0.6) is 0 Å². The van der Waals surface area contributed by atoms with Gasteiger partial charge >= 0.3 is 6.18 Å². The van der Waals surface area contributed by atoms with Crippen LogP contribution in [0, 0.1) is 0 Å². The third kappa shape index (κ3) is 1.71. The Bertz CT molecular complexity index is 490. The van der Waals surface area contributed by atoms with Gasteiger partial charge in [0.25, 0.3) is 0 Å². The molecule has 84 valence electrons. The van der Waals surface area contributed by atoms with Gasteiger partial charge in [-0.15, -0.1) is 5.10 Å². The Morgan fingerprint density at radius 3 is 2.56 bits per heavy atom. The second-order valence-corrected chi connectivity index (χ2v) is 3.09. The number of anilines is 1. The van der Waals surface area contributed by atoms with Crippen molar-refractivity contribution in [1.29, 1.82) is 0 Å². The highest BCUT2D eigenvalue weighted by atomic mass is 19.4. The molecule has 0 radical (unpaired) electrons. The average molecular weight is 228 g/mol. The maximum atomic E-state index is 12.7. The van der Waals surface area contributed by atoms with Crippen LogP contribution in [0.15, 0.2) is 30.6 Å². The molecule has 0 fully saturated rings. The monoisotopic (exact) mass is 228 g/mol. The zero-order valence-electron chi connectivity index (χ0n) is 7.94. The fourth-order valence-electron chi connectivity index (χ4n) is 1.37. The molecule has 2 aromatic rings. The molecule has 0 aliphatic carbocycles. The Morgan fingerprint density at radius 1 is 1.25 bits per heavy atom. The number of alkyl halides is 3. The first-order valence-electron chi connectivity index (χ1n) is 4.32. The molecule has 4 nitrogen and oxygen atoms in total. The molecule has 0 spiro atoms. The Kier molecular flexibility index (Phi) is 2.30. The summed E-state index contributed by atoms with van der Waals surface area (Å²) in [5.74, 6) is 0. The molecule has 0 aliphatic rings. The Labute approximate surface area is 88.5 Å². The number of halogens is 3. The number of rotatable bonds is 1. The minimum absolute atomic E-state index is 0.000301. The van der Waals surface area contributed by atoms with Crippen LogP contribution >= 0.6 is 0 Å². The molecule has 0 bridgehead atoms. The van der Waals surface area contributed by atoms with E-state index < -0.39 is 11.7 Å². The summed E-state index contributed by atoms with van der Waals surface area (Å²) >= 11 is 0. The van der Waals surface area contributed by atoms with Crippen molar-refractivity contribution in [1.82, 2.24) is 15.0 Å². The Balaban J connectivity index is 2.68. The van der Waals surface area contributed by atoms with E-state index in [0.717, 1.165) is 10.7 Å². The van der Waals surface area contributed by atoms with Crippen LogP contribution < -0.4 is 5.73 Å². The number of para-hydroxylation sites is 1. The summed E-state index contributed by atoms with van der Waals surface area (Å²) in [6, 6.07) is 3.58. The highest BCUT2D eigenvalue weighted by Crippen LogP contribution is 2.35. The van der Waals surface area contributed by atoms with E-state index in [2.05, 4.69) is 10.3 Å². The summed E-state index contributed by atoms with van der Waals surface area (Å²) in [5.41, 5.74) is 4.48. The van der Waals surface area contributed by atoms with Crippen molar-refractivity contribution in [2.45, 2.75) is 6.18 Å². The van der Waals surface area contributed by atoms with E-state index in [4.69, 9.17) is 5.73 Å². The van der Waals surface area contributed by atoms with Crippen molar-refractivity contribution in [3.05, 3.63) is 36.2 Å². The molecule has 1 heterocycles. The fourth-order valence-corrected chi connectivity index (χ4v) is 1.37. The number of hydrogen-bond acceptors (Lipinski definition) is 3. The summed E-state index contributed by atoms with van der Waals surface area (Å²) in [7, 11) is 0. The lowest BCUT2D eigenvalue weighted by atomic mass is 10.1. The number of nitrogen functional groups attached to an aromatic ring is 1. The smallest absolute Gasteiger partial charge is 0.397 e. The fraction of sp³-hybridized carbons (Fsp3) is 0.111. The number of hydrogen-bond donors (Lipinski definition) is 1. The SMILES string of the molecule is Nc1cccc(C(F)(F)F)c1-n1ccnn1. The molecular formula is C9H7F3N4. The zero-order valence-corrected chi connectivity index (χ0v) is 7.94. The van der Waals surface area contributed by atoms with E-state index in [9.17, 15) is 13.2 Å². The van der Waals surface area contributed by atoms with Crippen LogP contribution in [-0.2, 0) is 6.18 Å². The molecule has 0 saturated heterocycles. The van der Waals surface area contributed by atoms with Gasteiger partial charge in [-0.05, 0) is 12.1 Å². The van der Waals surface area contributed by atoms with Gasteiger partial charge < -0.3 is 5.73 Å². The van der Waals surface area contributed by atoms with E-state index in [1.165, 1.54) is 24.5 Å². The van der Waals surface area contributed by atoms with Gasteiger partial charge in [-0.3, -0.25) is 0 Å². The lowest BCUT2D eigenvalue weighted by Gasteiger charge is -2.13. The van der Waals surface area contributed by atoms with E-state index in [-0.39, 0.29) is 11.4 Å². The van der Waals surface area contributed by atoms with Crippen molar-refractivity contribution < 1.29 is 13.2 Å². The number of aromatic nitrogens is 3. The molecule has 7 heteroatoms. The van der Waals surface area contributed by atoms with Gasteiger partial charge in [0.2, 0.25) is 0 Å². The van der Waals surface area contributed by atoms with E-state index in [1.807, 2.05) is 0 Å². The van der Waals surface area contributed by atoms with Crippen LogP contribution in [0.1, 0.15) is 5.56 Å².